The van der Waals surface area contributed by atoms with Crippen LogP contribution in [0.2, 0.25) is 0 Å². The Labute approximate surface area is 178 Å². The number of carbonyl (C=O) groups is 1. The van der Waals surface area contributed by atoms with Crippen molar-refractivity contribution < 1.29 is 9.53 Å². The van der Waals surface area contributed by atoms with Gasteiger partial charge in [0.25, 0.3) is 0 Å². The van der Waals surface area contributed by atoms with E-state index in [0.29, 0.717) is 6.04 Å². The quantitative estimate of drug-likeness (QED) is 0.757. The molecule has 2 aromatic rings. The molecule has 2 atom stereocenters. The van der Waals surface area contributed by atoms with Crippen molar-refractivity contribution in [3.63, 3.8) is 0 Å². The molecular weight excluding hydrogens is 378 g/mol. The molecule has 1 aromatic heterocycles. The second-order valence-electron chi connectivity index (χ2n) is 8.38. The maximum atomic E-state index is 11.2. The third-order valence-electron chi connectivity index (χ3n) is 6.14. The molecule has 0 bridgehead atoms. The van der Waals surface area contributed by atoms with Gasteiger partial charge in [-0.15, -0.1) is 0 Å². The van der Waals surface area contributed by atoms with Crippen molar-refractivity contribution >= 4 is 17.7 Å². The molecule has 7 heteroatoms. The van der Waals surface area contributed by atoms with E-state index in [1.165, 1.54) is 26.2 Å². The summed E-state index contributed by atoms with van der Waals surface area (Å²) in [5, 5.41) is 2.90. The van der Waals surface area contributed by atoms with Crippen molar-refractivity contribution in [2.45, 2.75) is 57.7 Å². The van der Waals surface area contributed by atoms with Crippen LogP contribution in [0.15, 0.2) is 36.5 Å². The lowest BCUT2D eigenvalue weighted by molar-refractivity contribution is -0.119. The van der Waals surface area contributed by atoms with Gasteiger partial charge in [0.2, 0.25) is 11.9 Å². The first-order valence-electron chi connectivity index (χ1n) is 10.8. The van der Waals surface area contributed by atoms with Gasteiger partial charge < -0.3 is 19.9 Å². The molecule has 0 radical (unpaired) electrons. The lowest BCUT2D eigenvalue weighted by atomic mass is 9.92. The van der Waals surface area contributed by atoms with Crippen LogP contribution in [0.4, 0.5) is 11.8 Å². The van der Waals surface area contributed by atoms with Gasteiger partial charge >= 0.3 is 0 Å². The summed E-state index contributed by atoms with van der Waals surface area (Å²) >= 11 is 0. The number of carbonyl (C=O) groups excluding carboxylic acids is 1. The number of amides is 1. The third-order valence-corrected chi connectivity index (χ3v) is 6.14. The molecule has 1 aromatic carbocycles. The van der Waals surface area contributed by atoms with Crippen LogP contribution in [0.25, 0.3) is 0 Å². The van der Waals surface area contributed by atoms with Crippen LogP contribution >= 0.6 is 0 Å². The Bertz CT molecular complexity index is 868. The van der Waals surface area contributed by atoms with E-state index in [1.807, 2.05) is 43.5 Å². The first-order valence-corrected chi connectivity index (χ1v) is 10.8. The number of nitrogens with one attached hydrogen (secondary N) is 1. The number of hydrogen-bond acceptors (Lipinski definition) is 6. The topological polar surface area (TPSA) is 70.6 Å². The van der Waals surface area contributed by atoms with Crippen molar-refractivity contribution in [2.75, 3.05) is 29.9 Å². The molecule has 1 amide bonds. The Kier molecular flexibility index (Phi) is 6.06. The fraction of sp³-hybridized carbons (Fsp3) is 0.522. The van der Waals surface area contributed by atoms with Gasteiger partial charge in [0.15, 0.2) is 0 Å². The molecular formula is C23H31N5O2. The van der Waals surface area contributed by atoms with Gasteiger partial charge in [0.05, 0.1) is 12.6 Å². The number of rotatable bonds is 7. The minimum atomic E-state index is -0.0272. The maximum absolute atomic E-state index is 11.2. The van der Waals surface area contributed by atoms with E-state index in [0.717, 1.165) is 42.6 Å². The average Bonchev–Trinajstić information content (AvgIpc) is 3.15. The number of aromatic nitrogens is 2. The minimum Gasteiger partial charge on any atom is -0.489 e. The fourth-order valence-corrected chi connectivity index (χ4v) is 4.07. The first-order chi connectivity index (χ1) is 14.5. The minimum absolute atomic E-state index is 0.0106. The van der Waals surface area contributed by atoms with Gasteiger partial charge in [0, 0.05) is 39.2 Å². The molecule has 1 saturated heterocycles. The molecule has 2 fully saturated rings. The monoisotopic (exact) mass is 409 g/mol. The lowest BCUT2D eigenvalue weighted by Crippen LogP contribution is -2.38. The molecule has 1 aliphatic carbocycles. The molecule has 1 aliphatic heterocycles. The van der Waals surface area contributed by atoms with E-state index in [9.17, 15) is 4.79 Å². The van der Waals surface area contributed by atoms with Crippen molar-refractivity contribution in [1.82, 2.24) is 15.3 Å². The highest BCUT2D eigenvalue weighted by Crippen LogP contribution is 2.28. The highest BCUT2D eigenvalue weighted by Gasteiger charge is 2.27. The number of ether oxygens (including phenoxy) is 1. The zero-order valence-electron chi connectivity index (χ0n) is 18.0. The Morgan fingerprint density at radius 2 is 2.00 bits per heavy atom. The molecule has 0 spiro atoms. The molecule has 1 N–H and O–H groups in total. The molecule has 7 nitrogen and oxygen atoms in total. The van der Waals surface area contributed by atoms with Gasteiger partial charge in [-0.3, -0.25) is 4.79 Å². The Morgan fingerprint density at radius 1 is 1.23 bits per heavy atom. The first kappa shape index (κ1) is 20.4. The van der Waals surface area contributed by atoms with E-state index >= 15 is 0 Å². The number of anilines is 2. The zero-order valence-corrected chi connectivity index (χ0v) is 18.0. The van der Waals surface area contributed by atoms with Gasteiger partial charge in [-0.1, -0.05) is 12.1 Å². The largest absolute Gasteiger partial charge is 0.489 e. The predicted octanol–water partition coefficient (Wildman–Crippen LogP) is 3.32. The van der Waals surface area contributed by atoms with Crippen LogP contribution < -0.4 is 19.9 Å². The summed E-state index contributed by atoms with van der Waals surface area (Å²) in [6.07, 6.45) is 6.70. The van der Waals surface area contributed by atoms with Gasteiger partial charge in [-0.05, 0) is 49.9 Å². The smallest absolute Gasteiger partial charge is 0.227 e. The summed E-state index contributed by atoms with van der Waals surface area (Å²) in [4.78, 5) is 25.0. The highest BCUT2D eigenvalue weighted by atomic mass is 16.5. The van der Waals surface area contributed by atoms with E-state index < -0.39 is 0 Å². The molecule has 0 unspecified atom stereocenters. The molecule has 30 heavy (non-hydrogen) atoms. The highest BCUT2D eigenvalue weighted by molar-refractivity contribution is 5.73. The summed E-state index contributed by atoms with van der Waals surface area (Å²) < 4.78 is 6.20. The summed E-state index contributed by atoms with van der Waals surface area (Å²) in [6.45, 7) is 5.25. The molecule has 1 saturated carbocycles. The van der Waals surface area contributed by atoms with E-state index in [2.05, 4.69) is 27.1 Å². The molecule has 4 rings (SSSR count). The summed E-state index contributed by atoms with van der Waals surface area (Å²) in [5.41, 5.74) is 1.06. The molecule has 2 aliphatic rings. The van der Waals surface area contributed by atoms with Crippen LogP contribution in [-0.4, -0.2) is 48.2 Å². The van der Waals surface area contributed by atoms with Crippen molar-refractivity contribution in [3.05, 3.63) is 42.1 Å². The fourth-order valence-electron chi connectivity index (χ4n) is 4.07. The third kappa shape index (κ3) is 4.66. The Balaban J connectivity index is 1.34. The van der Waals surface area contributed by atoms with Crippen molar-refractivity contribution in [1.29, 1.82) is 0 Å². The Morgan fingerprint density at radius 3 is 2.67 bits per heavy atom. The average molecular weight is 410 g/mol. The van der Waals surface area contributed by atoms with Gasteiger partial charge in [-0.25, -0.2) is 4.98 Å². The SMILES string of the molecule is CC(=O)N[C@@H](C)c1ccc(O[C@@H]2CCN(c3ccnc(N(C)C4CCC4)n3)C2)cc1. The van der Waals surface area contributed by atoms with E-state index in [1.54, 1.807) is 0 Å². The van der Waals surface area contributed by atoms with E-state index in [4.69, 9.17) is 9.72 Å². The second kappa shape index (κ2) is 8.90. The number of hydrogen-bond donors (Lipinski definition) is 1. The Hall–Kier alpha value is -2.83. The maximum Gasteiger partial charge on any atom is 0.227 e. The van der Waals surface area contributed by atoms with Crippen LogP contribution in [-0.2, 0) is 4.79 Å². The van der Waals surface area contributed by atoms with Crippen LogP contribution in [0.1, 0.15) is 51.1 Å². The van der Waals surface area contributed by atoms with Gasteiger partial charge in [-0.2, -0.15) is 4.98 Å². The normalized spacial score (nSPS) is 19.8. The number of benzene rings is 1. The predicted molar refractivity (Wildman–Crippen MR) is 118 cm³/mol. The number of nitrogens with zero attached hydrogens (tertiary/aromatic N) is 4. The van der Waals surface area contributed by atoms with Crippen molar-refractivity contribution in [2.24, 2.45) is 0 Å². The summed E-state index contributed by atoms with van der Waals surface area (Å²) in [5.74, 6) is 2.61. The van der Waals surface area contributed by atoms with Crippen LogP contribution in [0, 0.1) is 0 Å². The molecule has 2 heterocycles. The van der Waals surface area contributed by atoms with Crippen LogP contribution in [0.3, 0.4) is 0 Å². The summed E-state index contributed by atoms with van der Waals surface area (Å²) in [6, 6.07) is 10.5. The summed E-state index contributed by atoms with van der Waals surface area (Å²) in [7, 11) is 2.09. The van der Waals surface area contributed by atoms with Crippen LogP contribution in [0.5, 0.6) is 5.75 Å². The van der Waals surface area contributed by atoms with Crippen molar-refractivity contribution in [3.8, 4) is 5.75 Å². The zero-order chi connectivity index (χ0) is 21.1. The second-order valence-corrected chi connectivity index (χ2v) is 8.38. The molecule has 160 valence electrons. The van der Waals surface area contributed by atoms with Gasteiger partial charge in [0.1, 0.15) is 17.7 Å². The van der Waals surface area contributed by atoms with E-state index in [-0.39, 0.29) is 18.1 Å². The lowest BCUT2D eigenvalue weighted by Gasteiger charge is -2.35. The standard InChI is InChI=1S/C23H31N5O2/c1-16(25-17(2)29)18-7-9-20(10-8-18)30-21-12-14-28(15-21)22-11-13-24-23(26-22)27(3)19-5-4-6-19/h7-11,13,16,19,21H,4-6,12,14-15H2,1-3H3,(H,25,29)/t16-,21+/m0/s1.